The summed E-state index contributed by atoms with van der Waals surface area (Å²) in [4.78, 5) is 0.211. The van der Waals surface area contributed by atoms with E-state index in [1.165, 1.54) is 4.31 Å². The van der Waals surface area contributed by atoms with Crippen LogP contribution in [0, 0.1) is 13.8 Å². The molecule has 0 saturated heterocycles. The lowest BCUT2D eigenvalue weighted by atomic mass is 10.1. The maximum absolute atomic E-state index is 13.4. The van der Waals surface area contributed by atoms with Gasteiger partial charge in [-0.1, -0.05) is 35.4 Å². The van der Waals surface area contributed by atoms with Crippen LogP contribution in [0.3, 0.4) is 0 Å². The molecule has 4 aromatic rings. The van der Waals surface area contributed by atoms with Crippen molar-refractivity contribution in [3.63, 3.8) is 0 Å². The number of fused-ring (bicyclic) bond motifs is 1. The predicted octanol–water partition coefficient (Wildman–Crippen LogP) is 4.15. The molecule has 0 amide bonds. The third-order valence-electron chi connectivity index (χ3n) is 5.97. The molecule has 2 aromatic carbocycles. The van der Waals surface area contributed by atoms with Gasteiger partial charge < -0.3 is 4.42 Å². The summed E-state index contributed by atoms with van der Waals surface area (Å²) < 4.78 is 36.0. The molecule has 0 aliphatic carbocycles. The lowest BCUT2D eigenvalue weighted by molar-refractivity contribution is 0.385. The smallest absolute Gasteiger partial charge is 0.268 e. The van der Waals surface area contributed by atoms with Crippen molar-refractivity contribution in [2.75, 3.05) is 6.54 Å². The van der Waals surface area contributed by atoms with E-state index in [1.54, 1.807) is 29.8 Å². The van der Waals surface area contributed by atoms with Gasteiger partial charge in [0.2, 0.25) is 15.9 Å². The molecule has 170 valence electrons. The van der Waals surface area contributed by atoms with E-state index in [0.717, 1.165) is 22.4 Å². The fourth-order valence-electron chi connectivity index (χ4n) is 4.08. The Morgan fingerprint density at radius 2 is 1.76 bits per heavy atom. The molecule has 33 heavy (non-hydrogen) atoms. The molecule has 0 saturated carbocycles. The summed E-state index contributed by atoms with van der Waals surface area (Å²) in [5.41, 5.74) is 4.70. The molecular weight excluding hydrogens is 462 g/mol. The number of hydrogen-bond donors (Lipinski definition) is 0. The van der Waals surface area contributed by atoms with Gasteiger partial charge in [-0.25, -0.2) is 8.42 Å². The van der Waals surface area contributed by atoms with Gasteiger partial charge in [-0.2, -0.15) is 9.40 Å². The van der Waals surface area contributed by atoms with Crippen LogP contribution < -0.4 is 0 Å². The van der Waals surface area contributed by atoms with Crippen molar-refractivity contribution in [2.24, 2.45) is 7.05 Å². The number of benzene rings is 2. The maximum atomic E-state index is 13.4. The maximum Gasteiger partial charge on any atom is 0.268 e. The molecule has 0 atom stereocenters. The van der Waals surface area contributed by atoms with E-state index in [0.29, 0.717) is 35.1 Å². The lowest BCUT2D eigenvalue weighted by Gasteiger charge is -2.27. The summed E-state index contributed by atoms with van der Waals surface area (Å²) in [6.07, 6.45) is 0.524. The van der Waals surface area contributed by atoms with Gasteiger partial charge in [-0.3, -0.25) is 4.68 Å². The van der Waals surface area contributed by atoms with Crippen LogP contribution in [0.1, 0.15) is 22.4 Å². The topological polar surface area (TPSA) is 94.1 Å². The minimum absolute atomic E-state index is 0.162. The number of rotatable bonds is 4. The number of nitrogens with zero attached hydrogens (tertiary/aromatic N) is 5. The standard InChI is InChI=1S/C23H22ClN5O3S/c1-14-7-9-16(10-8-14)22-25-26-23(32-22)21-17-13-29(12-11-19(17)28(3)27-21)33(30,31)20-6-4-5-18(24)15(20)2/h4-10H,11-13H2,1-3H3. The largest absolute Gasteiger partial charge is 0.415 e. The average molecular weight is 484 g/mol. The number of aryl methyl sites for hydroxylation is 2. The van der Waals surface area contributed by atoms with E-state index in [4.69, 9.17) is 16.0 Å². The molecule has 1 aliphatic rings. The normalized spacial score (nSPS) is 14.4. The van der Waals surface area contributed by atoms with Gasteiger partial charge in [0.15, 0.2) is 5.69 Å². The first kappa shape index (κ1) is 21.8. The van der Waals surface area contributed by atoms with E-state index < -0.39 is 10.0 Å². The summed E-state index contributed by atoms with van der Waals surface area (Å²) in [5.74, 6) is 0.653. The summed E-state index contributed by atoms with van der Waals surface area (Å²) >= 11 is 6.19. The van der Waals surface area contributed by atoms with Crippen molar-refractivity contribution in [2.45, 2.75) is 31.7 Å². The summed E-state index contributed by atoms with van der Waals surface area (Å²) in [6, 6.07) is 12.7. The molecular formula is C23H22ClN5O3S. The molecule has 0 N–H and O–H groups in total. The van der Waals surface area contributed by atoms with Crippen molar-refractivity contribution >= 4 is 21.6 Å². The number of halogens is 1. The van der Waals surface area contributed by atoms with Gasteiger partial charge in [0, 0.05) is 48.4 Å². The highest BCUT2D eigenvalue weighted by atomic mass is 35.5. The summed E-state index contributed by atoms with van der Waals surface area (Å²) in [5, 5.41) is 13.4. The van der Waals surface area contributed by atoms with Gasteiger partial charge in [-0.15, -0.1) is 10.2 Å². The molecule has 0 fully saturated rings. The van der Waals surface area contributed by atoms with Crippen LogP contribution in [0.2, 0.25) is 5.02 Å². The third kappa shape index (κ3) is 3.76. The van der Waals surface area contributed by atoms with E-state index >= 15 is 0 Å². The van der Waals surface area contributed by atoms with E-state index in [2.05, 4.69) is 15.3 Å². The molecule has 5 rings (SSSR count). The van der Waals surface area contributed by atoms with E-state index in [-0.39, 0.29) is 17.3 Å². The Kier molecular flexibility index (Phi) is 5.35. The molecule has 2 aromatic heterocycles. The summed E-state index contributed by atoms with van der Waals surface area (Å²) in [6.45, 7) is 4.23. The Hall–Kier alpha value is -3.01. The van der Waals surface area contributed by atoms with Gasteiger partial charge in [0.1, 0.15) is 0 Å². The minimum Gasteiger partial charge on any atom is -0.415 e. The minimum atomic E-state index is -3.74. The van der Waals surface area contributed by atoms with Crippen LogP contribution in [0.5, 0.6) is 0 Å². The van der Waals surface area contributed by atoms with Crippen LogP contribution in [0.15, 0.2) is 51.8 Å². The second-order valence-corrected chi connectivity index (χ2v) is 10.4. The van der Waals surface area contributed by atoms with Crippen molar-refractivity contribution in [3.05, 3.63) is 69.9 Å². The molecule has 3 heterocycles. The highest BCUT2D eigenvalue weighted by Gasteiger charge is 2.34. The molecule has 0 bridgehead atoms. The Bertz CT molecular complexity index is 1460. The Balaban J connectivity index is 1.51. The SMILES string of the molecule is Cc1ccc(-c2nnc(-c3nn(C)c4c3CN(S(=O)(=O)c3cccc(Cl)c3C)CC4)o2)cc1. The van der Waals surface area contributed by atoms with E-state index in [9.17, 15) is 8.42 Å². The average Bonchev–Trinajstić information content (AvgIpc) is 3.41. The zero-order valence-corrected chi connectivity index (χ0v) is 20.0. The van der Waals surface area contributed by atoms with Crippen LogP contribution in [0.4, 0.5) is 0 Å². The molecule has 8 nitrogen and oxygen atoms in total. The third-order valence-corrected chi connectivity index (χ3v) is 8.37. The van der Waals surface area contributed by atoms with Crippen LogP contribution >= 0.6 is 11.6 Å². The van der Waals surface area contributed by atoms with Crippen LogP contribution in [-0.4, -0.2) is 39.2 Å². The molecule has 0 unspecified atom stereocenters. The number of sulfonamides is 1. The Morgan fingerprint density at radius 1 is 1.03 bits per heavy atom. The molecule has 0 radical (unpaired) electrons. The first-order valence-corrected chi connectivity index (χ1v) is 12.3. The second-order valence-electron chi connectivity index (χ2n) is 8.13. The quantitative estimate of drug-likeness (QED) is 0.432. The van der Waals surface area contributed by atoms with Gasteiger partial charge in [0.25, 0.3) is 5.89 Å². The van der Waals surface area contributed by atoms with Crippen LogP contribution in [-0.2, 0) is 30.0 Å². The van der Waals surface area contributed by atoms with Gasteiger partial charge >= 0.3 is 0 Å². The number of hydrogen-bond acceptors (Lipinski definition) is 6. The highest BCUT2D eigenvalue weighted by Crippen LogP contribution is 2.34. The molecule has 10 heteroatoms. The monoisotopic (exact) mass is 483 g/mol. The van der Waals surface area contributed by atoms with Crippen molar-refractivity contribution in [3.8, 4) is 23.0 Å². The van der Waals surface area contributed by atoms with Crippen molar-refractivity contribution < 1.29 is 12.8 Å². The Morgan fingerprint density at radius 3 is 2.52 bits per heavy atom. The molecule has 1 aliphatic heterocycles. The second kappa shape index (κ2) is 8.09. The number of aromatic nitrogens is 4. The zero-order chi connectivity index (χ0) is 23.3. The first-order chi connectivity index (χ1) is 15.8. The zero-order valence-electron chi connectivity index (χ0n) is 18.4. The van der Waals surface area contributed by atoms with Crippen molar-refractivity contribution in [1.29, 1.82) is 0 Å². The van der Waals surface area contributed by atoms with Crippen molar-refractivity contribution in [1.82, 2.24) is 24.3 Å². The lowest BCUT2D eigenvalue weighted by Crippen LogP contribution is -2.36. The van der Waals surface area contributed by atoms with Gasteiger partial charge in [-0.05, 0) is 43.7 Å². The van der Waals surface area contributed by atoms with E-state index in [1.807, 2.05) is 38.2 Å². The fourth-order valence-corrected chi connectivity index (χ4v) is 5.97. The molecule has 0 spiro atoms. The van der Waals surface area contributed by atoms with Gasteiger partial charge in [0.05, 0.1) is 4.90 Å². The van der Waals surface area contributed by atoms with Crippen LogP contribution in [0.25, 0.3) is 23.0 Å². The predicted molar refractivity (Wildman–Crippen MR) is 124 cm³/mol. The first-order valence-electron chi connectivity index (χ1n) is 10.5. The summed E-state index contributed by atoms with van der Waals surface area (Å²) in [7, 11) is -1.91. The highest BCUT2D eigenvalue weighted by molar-refractivity contribution is 7.89. The fraction of sp³-hybridized carbons (Fsp3) is 0.261. The Labute approximate surface area is 196 Å².